The largest absolute Gasteiger partial charge is 0.494 e. The third-order valence-electron chi connectivity index (χ3n) is 4.03. The molecule has 1 heterocycles. The molecule has 5 nitrogen and oxygen atoms in total. The molecule has 6 heteroatoms. The zero-order valence-corrected chi connectivity index (χ0v) is 14.8. The van der Waals surface area contributed by atoms with Crippen molar-refractivity contribution in [2.45, 2.75) is 20.3 Å². The molecule has 0 fully saturated rings. The molecule has 0 aliphatic carbocycles. The molecule has 0 radical (unpaired) electrons. The Balaban J connectivity index is 1.51. The molecule has 0 atom stereocenters. The van der Waals surface area contributed by atoms with Crippen molar-refractivity contribution >= 4 is 16.9 Å². The quantitative estimate of drug-likeness (QED) is 0.688. The first-order valence-corrected chi connectivity index (χ1v) is 8.44. The summed E-state index contributed by atoms with van der Waals surface area (Å²) in [6.07, 6.45) is 0.648. The molecule has 0 saturated carbocycles. The van der Waals surface area contributed by atoms with Crippen LogP contribution in [0.4, 0.5) is 4.39 Å². The molecule has 3 aromatic rings. The summed E-state index contributed by atoms with van der Waals surface area (Å²) >= 11 is 0. The van der Waals surface area contributed by atoms with Crippen LogP contribution in [0.25, 0.3) is 11.0 Å². The van der Waals surface area contributed by atoms with Gasteiger partial charge in [0.2, 0.25) is 0 Å². The Bertz CT molecular complexity index is 926. The van der Waals surface area contributed by atoms with Crippen molar-refractivity contribution in [2.75, 3.05) is 13.2 Å². The van der Waals surface area contributed by atoms with E-state index in [1.807, 2.05) is 13.8 Å². The second kappa shape index (κ2) is 7.91. The molecule has 0 aliphatic rings. The Labute approximate surface area is 151 Å². The summed E-state index contributed by atoms with van der Waals surface area (Å²) in [6, 6.07) is 11.2. The van der Waals surface area contributed by atoms with Crippen LogP contribution in [0.2, 0.25) is 0 Å². The van der Waals surface area contributed by atoms with E-state index in [2.05, 4.69) is 15.3 Å². The van der Waals surface area contributed by atoms with Gasteiger partial charge in [-0.05, 0) is 62.7 Å². The third kappa shape index (κ3) is 4.33. The van der Waals surface area contributed by atoms with E-state index >= 15 is 0 Å². The van der Waals surface area contributed by atoms with Gasteiger partial charge in [0.05, 0.1) is 29.0 Å². The second-order valence-corrected chi connectivity index (χ2v) is 6.01. The Kier molecular flexibility index (Phi) is 5.41. The van der Waals surface area contributed by atoms with Crippen LogP contribution in [0.1, 0.15) is 28.2 Å². The highest BCUT2D eigenvalue weighted by atomic mass is 19.1. The SMILES string of the molecule is Cc1nc2ccc(C(=O)NCCCOc3ccc(F)cc3)cc2nc1C. The minimum atomic E-state index is -0.296. The summed E-state index contributed by atoms with van der Waals surface area (Å²) < 4.78 is 18.3. The molecular weight excluding hydrogens is 333 g/mol. The van der Waals surface area contributed by atoms with E-state index in [1.165, 1.54) is 12.1 Å². The zero-order valence-electron chi connectivity index (χ0n) is 14.8. The van der Waals surface area contributed by atoms with Gasteiger partial charge in [0, 0.05) is 12.1 Å². The number of nitrogens with one attached hydrogen (secondary N) is 1. The number of aromatic nitrogens is 2. The first kappa shape index (κ1) is 17.8. The number of carbonyl (C=O) groups excluding carboxylic acids is 1. The number of halogens is 1. The minimum absolute atomic E-state index is 0.159. The lowest BCUT2D eigenvalue weighted by Gasteiger charge is -2.08. The maximum atomic E-state index is 12.8. The van der Waals surface area contributed by atoms with Gasteiger partial charge in [-0.2, -0.15) is 0 Å². The molecular formula is C20H20FN3O2. The molecule has 0 spiro atoms. The van der Waals surface area contributed by atoms with Gasteiger partial charge < -0.3 is 10.1 Å². The number of fused-ring (bicyclic) bond motifs is 1. The van der Waals surface area contributed by atoms with Crippen molar-refractivity contribution in [3.63, 3.8) is 0 Å². The Morgan fingerprint density at radius 1 is 1.04 bits per heavy atom. The van der Waals surface area contributed by atoms with Gasteiger partial charge in [0.15, 0.2) is 0 Å². The van der Waals surface area contributed by atoms with Gasteiger partial charge in [-0.3, -0.25) is 4.79 Å². The molecule has 1 N–H and O–H groups in total. The first-order chi connectivity index (χ1) is 12.5. The van der Waals surface area contributed by atoms with E-state index in [0.717, 1.165) is 16.9 Å². The number of amides is 1. The number of ether oxygens (including phenoxy) is 1. The molecule has 3 rings (SSSR count). The maximum Gasteiger partial charge on any atom is 0.251 e. The highest BCUT2D eigenvalue weighted by molar-refractivity contribution is 5.97. The van der Waals surface area contributed by atoms with Gasteiger partial charge in [-0.1, -0.05) is 0 Å². The molecule has 134 valence electrons. The average molecular weight is 353 g/mol. The Morgan fingerprint density at radius 2 is 1.73 bits per heavy atom. The Morgan fingerprint density at radius 3 is 2.46 bits per heavy atom. The molecule has 0 unspecified atom stereocenters. The van der Waals surface area contributed by atoms with Crippen molar-refractivity contribution in [3.05, 3.63) is 65.2 Å². The van der Waals surface area contributed by atoms with Crippen LogP contribution in [0.3, 0.4) is 0 Å². The van der Waals surface area contributed by atoms with Crippen molar-refractivity contribution < 1.29 is 13.9 Å². The zero-order chi connectivity index (χ0) is 18.5. The van der Waals surface area contributed by atoms with Gasteiger partial charge in [0.1, 0.15) is 11.6 Å². The van der Waals surface area contributed by atoms with E-state index in [0.29, 0.717) is 36.4 Å². The molecule has 0 saturated heterocycles. The standard InChI is InChI=1S/C20H20FN3O2/c1-13-14(2)24-19-12-15(4-9-18(19)23-13)20(25)22-10-3-11-26-17-7-5-16(21)6-8-17/h4-9,12H,3,10-11H2,1-2H3,(H,22,25). The summed E-state index contributed by atoms with van der Waals surface area (Å²) in [5, 5.41) is 2.86. The molecule has 26 heavy (non-hydrogen) atoms. The second-order valence-electron chi connectivity index (χ2n) is 6.01. The predicted molar refractivity (Wildman–Crippen MR) is 97.9 cm³/mol. The lowest BCUT2D eigenvalue weighted by Crippen LogP contribution is -2.25. The van der Waals surface area contributed by atoms with Gasteiger partial charge >= 0.3 is 0 Å². The minimum Gasteiger partial charge on any atom is -0.494 e. The van der Waals surface area contributed by atoms with Crippen LogP contribution >= 0.6 is 0 Å². The van der Waals surface area contributed by atoms with Gasteiger partial charge in [0.25, 0.3) is 5.91 Å². The van der Waals surface area contributed by atoms with Crippen molar-refractivity contribution in [1.29, 1.82) is 0 Å². The van der Waals surface area contributed by atoms with E-state index in [4.69, 9.17) is 4.74 Å². The Hall–Kier alpha value is -3.02. The molecule has 1 amide bonds. The van der Waals surface area contributed by atoms with Crippen molar-refractivity contribution in [1.82, 2.24) is 15.3 Å². The molecule has 2 aromatic carbocycles. The highest BCUT2D eigenvalue weighted by Crippen LogP contribution is 2.14. The number of benzene rings is 2. The van der Waals surface area contributed by atoms with Crippen LogP contribution in [0.5, 0.6) is 5.75 Å². The van der Waals surface area contributed by atoms with Crippen LogP contribution < -0.4 is 10.1 Å². The van der Waals surface area contributed by atoms with Crippen molar-refractivity contribution in [3.8, 4) is 5.75 Å². The van der Waals surface area contributed by atoms with Crippen LogP contribution in [-0.2, 0) is 0 Å². The number of hydrogen-bond donors (Lipinski definition) is 1. The number of carbonyl (C=O) groups is 1. The number of aryl methyl sites for hydroxylation is 2. The first-order valence-electron chi connectivity index (χ1n) is 8.44. The summed E-state index contributed by atoms with van der Waals surface area (Å²) in [7, 11) is 0. The average Bonchev–Trinajstić information content (AvgIpc) is 2.63. The van der Waals surface area contributed by atoms with Crippen LogP contribution in [0, 0.1) is 19.7 Å². The van der Waals surface area contributed by atoms with E-state index < -0.39 is 0 Å². The lowest BCUT2D eigenvalue weighted by molar-refractivity contribution is 0.0951. The van der Waals surface area contributed by atoms with E-state index in [-0.39, 0.29) is 11.7 Å². The van der Waals surface area contributed by atoms with E-state index in [9.17, 15) is 9.18 Å². The summed E-state index contributed by atoms with van der Waals surface area (Å²) in [5.74, 6) is 0.153. The summed E-state index contributed by atoms with van der Waals surface area (Å²) in [6.45, 7) is 4.73. The fourth-order valence-corrected chi connectivity index (χ4v) is 2.47. The van der Waals surface area contributed by atoms with Gasteiger partial charge in [-0.15, -0.1) is 0 Å². The van der Waals surface area contributed by atoms with Crippen LogP contribution in [-0.4, -0.2) is 29.0 Å². The summed E-state index contributed by atoms with van der Waals surface area (Å²) in [4.78, 5) is 21.2. The van der Waals surface area contributed by atoms with Crippen LogP contribution in [0.15, 0.2) is 42.5 Å². The maximum absolute atomic E-state index is 12.8. The normalized spacial score (nSPS) is 10.7. The molecule has 1 aromatic heterocycles. The van der Waals surface area contributed by atoms with E-state index in [1.54, 1.807) is 30.3 Å². The van der Waals surface area contributed by atoms with Gasteiger partial charge in [-0.25, -0.2) is 14.4 Å². The lowest BCUT2D eigenvalue weighted by atomic mass is 10.1. The molecule has 0 aliphatic heterocycles. The smallest absolute Gasteiger partial charge is 0.251 e. The van der Waals surface area contributed by atoms with Crippen molar-refractivity contribution in [2.24, 2.45) is 0 Å². The predicted octanol–water partition coefficient (Wildman–Crippen LogP) is 3.58. The third-order valence-corrected chi connectivity index (χ3v) is 4.03. The number of nitrogens with zero attached hydrogens (tertiary/aromatic N) is 2. The molecule has 0 bridgehead atoms. The topological polar surface area (TPSA) is 64.1 Å². The fraction of sp³-hybridized carbons (Fsp3) is 0.250. The monoisotopic (exact) mass is 353 g/mol. The summed E-state index contributed by atoms with van der Waals surface area (Å²) in [5.41, 5.74) is 3.77. The number of hydrogen-bond acceptors (Lipinski definition) is 4. The fourth-order valence-electron chi connectivity index (χ4n) is 2.47. The highest BCUT2D eigenvalue weighted by Gasteiger charge is 2.08. The number of rotatable bonds is 6.